The van der Waals surface area contributed by atoms with Crippen molar-refractivity contribution in [2.45, 2.75) is 38.9 Å². The van der Waals surface area contributed by atoms with Gasteiger partial charge >= 0.3 is 12.2 Å². The number of nitrogens with one attached hydrogen (secondary N) is 3. The van der Waals surface area contributed by atoms with E-state index in [-0.39, 0.29) is 24.3 Å². The number of aliphatic hydroxyl groups is 1. The number of hydrogen-bond acceptors (Lipinski definition) is 5. The second kappa shape index (κ2) is 10.1. The van der Waals surface area contributed by atoms with Crippen molar-refractivity contribution in [3.63, 3.8) is 0 Å². The summed E-state index contributed by atoms with van der Waals surface area (Å²) in [5.41, 5.74) is 0.738. The van der Waals surface area contributed by atoms with Crippen LogP contribution in [0.5, 0.6) is 0 Å². The van der Waals surface area contributed by atoms with E-state index in [0.717, 1.165) is 11.6 Å². The summed E-state index contributed by atoms with van der Waals surface area (Å²) < 4.78 is 41.3. The summed E-state index contributed by atoms with van der Waals surface area (Å²) in [6.45, 7) is 6.13. The van der Waals surface area contributed by atoms with E-state index in [2.05, 4.69) is 26.0 Å². The third kappa shape index (κ3) is 6.47. The topological polar surface area (TPSA) is 104 Å². The van der Waals surface area contributed by atoms with Crippen LogP contribution in [0.3, 0.4) is 0 Å². The zero-order valence-corrected chi connectivity index (χ0v) is 19.1. The van der Waals surface area contributed by atoms with Crippen LogP contribution in [-0.2, 0) is 18.1 Å². The number of pyridine rings is 1. The first kappa shape index (κ1) is 25.0. The van der Waals surface area contributed by atoms with Crippen molar-refractivity contribution in [1.29, 1.82) is 0 Å². The highest BCUT2D eigenvalue weighted by Gasteiger charge is 2.35. The molecule has 2 amide bonds. The highest BCUT2D eigenvalue weighted by Crippen LogP contribution is 2.30. The van der Waals surface area contributed by atoms with Gasteiger partial charge in [0.25, 0.3) is 0 Å². The Bertz CT molecular complexity index is 1120. The number of anilines is 2. The van der Waals surface area contributed by atoms with Crippen molar-refractivity contribution >= 4 is 17.5 Å². The molecule has 182 valence electrons. The van der Waals surface area contributed by atoms with Crippen LogP contribution < -0.4 is 16.0 Å². The molecule has 3 rings (SSSR count). The summed E-state index contributed by atoms with van der Waals surface area (Å²) in [6.07, 6.45) is -3.20. The fourth-order valence-corrected chi connectivity index (χ4v) is 3.11. The van der Waals surface area contributed by atoms with Crippen LogP contribution in [0.2, 0.25) is 0 Å². The maximum absolute atomic E-state index is 13.4. The molecular weight excluding hydrogens is 449 g/mol. The second-order valence-corrected chi connectivity index (χ2v) is 8.62. The van der Waals surface area contributed by atoms with Gasteiger partial charge in [-0.1, -0.05) is 32.9 Å². The Morgan fingerprint density at radius 2 is 1.88 bits per heavy atom. The van der Waals surface area contributed by atoms with E-state index < -0.39 is 17.9 Å². The van der Waals surface area contributed by atoms with Gasteiger partial charge in [0, 0.05) is 6.54 Å². The number of alkyl halides is 3. The van der Waals surface area contributed by atoms with Crippen LogP contribution in [0, 0.1) is 0 Å². The van der Waals surface area contributed by atoms with Gasteiger partial charge in [-0.15, -0.1) is 0 Å². The Balaban J connectivity index is 1.76. The molecular formula is C23H27F3N6O2. The van der Waals surface area contributed by atoms with Gasteiger partial charge in [0.15, 0.2) is 5.69 Å². The molecule has 0 atom stereocenters. The van der Waals surface area contributed by atoms with Crippen molar-refractivity contribution in [1.82, 2.24) is 20.1 Å². The lowest BCUT2D eigenvalue weighted by Gasteiger charge is -2.20. The highest BCUT2D eigenvalue weighted by atomic mass is 19.4. The lowest BCUT2D eigenvalue weighted by Crippen LogP contribution is -2.29. The van der Waals surface area contributed by atoms with Crippen molar-refractivity contribution in [3.8, 4) is 5.69 Å². The number of urea groups is 1. The van der Waals surface area contributed by atoms with E-state index in [0.29, 0.717) is 23.7 Å². The molecule has 0 aliphatic heterocycles. The lowest BCUT2D eigenvalue weighted by atomic mass is 9.87. The smallest absolute Gasteiger partial charge is 0.395 e. The van der Waals surface area contributed by atoms with Gasteiger partial charge in [0.05, 0.1) is 36.4 Å². The number of rotatable bonds is 7. The van der Waals surface area contributed by atoms with Gasteiger partial charge in [0.1, 0.15) is 5.82 Å². The minimum absolute atomic E-state index is 0.0444. The monoisotopic (exact) mass is 476 g/mol. The Labute approximate surface area is 195 Å². The standard InChI is InChI=1S/C23H27F3N6O2/c1-22(2,3)15-5-4-6-17(11-15)32-18(12-19(31-32)23(24,25)26)14-29-21(34)30-16-7-8-20(28-13-16)27-9-10-33/h4-8,11-13,33H,9-10,14H2,1-3H3,(H,27,28)(H2,29,30,34). The van der Waals surface area contributed by atoms with Gasteiger partial charge in [-0.05, 0) is 41.3 Å². The zero-order valence-electron chi connectivity index (χ0n) is 19.1. The normalized spacial score (nSPS) is 11.9. The second-order valence-electron chi connectivity index (χ2n) is 8.62. The minimum Gasteiger partial charge on any atom is -0.395 e. The minimum atomic E-state index is -4.62. The molecule has 0 saturated carbocycles. The molecule has 0 aliphatic carbocycles. The Morgan fingerprint density at radius 3 is 2.50 bits per heavy atom. The molecule has 2 aromatic heterocycles. The molecule has 1 aromatic carbocycles. The van der Waals surface area contributed by atoms with Crippen LogP contribution in [0.1, 0.15) is 37.7 Å². The fraction of sp³-hybridized carbons (Fsp3) is 0.348. The molecule has 0 saturated heterocycles. The van der Waals surface area contributed by atoms with E-state index in [4.69, 9.17) is 5.11 Å². The summed E-state index contributed by atoms with van der Waals surface area (Å²) >= 11 is 0. The largest absolute Gasteiger partial charge is 0.435 e. The molecule has 0 spiro atoms. The SMILES string of the molecule is CC(C)(C)c1cccc(-n2nc(C(F)(F)F)cc2CNC(=O)Nc2ccc(NCCO)nc2)c1. The fourth-order valence-electron chi connectivity index (χ4n) is 3.11. The van der Waals surface area contributed by atoms with Crippen molar-refractivity contribution < 1.29 is 23.1 Å². The van der Waals surface area contributed by atoms with Gasteiger partial charge in [-0.25, -0.2) is 14.5 Å². The molecule has 0 radical (unpaired) electrons. The van der Waals surface area contributed by atoms with Crippen LogP contribution >= 0.6 is 0 Å². The Kier molecular flexibility index (Phi) is 7.45. The number of benzene rings is 1. The summed E-state index contributed by atoms with van der Waals surface area (Å²) in [4.78, 5) is 16.4. The predicted molar refractivity (Wildman–Crippen MR) is 123 cm³/mol. The summed E-state index contributed by atoms with van der Waals surface area (Å²) in [6, 6.07) is 10.7. The summed E-state index contributed by atoms with van der Waals surface area (Å²) in [5.74, 6) is 0.529. The van der Waals surface area contributed by atoms with E-state index in [1.54, 1.807) is 30.3 Å². The number of hydrogen-bond donors (Lipinski definition) is 4. The van der Waals surface area contributed by atoms with E-state index in [9.17, 15) is 18.0 Å². The van der Waals surface area contributed by atoms with E-state index in [1.807, 2.05) is 26.8 Å². The first-order valence-electron chi connectivity index (χ1n) is 10.6. The molecule has 0 fully saturated rings. The van der Waals surface area contributed by atoms with Gasteiger partial charge in [-0.2, -0.15) is 18.3 Å². The third-order valence-electron chi connectivity index (χ3n) is 4.90. The number of halogens is 3. The molecule has 2 heterocycles. The van der Waals surface area contributed by atoms with Crippen LogP contribution in [-0.4, -0.2) is 39.1 Å². The first-order valence-corrected chi connectivity index (χ1v) is 10.6. The van der Waals surface area contributed by atoms with Crippen molar-refractivity contribution in [3.05, 3.63) is 65.6 Å². The van der Waals surface area contributed by atoms with Crippen LogP contribution in [0.4, 0.5) is 29.5 Å². The molecule has 0 unspecified atom stereocenters. The maximum atomic E-state index is 13.4. The maximum Gasteiger partial charge on any atom is 0.435 e. The van der Waals surface area contributed by atoms with Crippen molar-refractivity contribution in [2.24, 2.45) is 0 Å². The van der Waals surface area contributed by atoms with E-state index in [1.165, 1.54) is 10.9 Å². The van der Waals surface area contributed by atoms with Gasteiger partial charge in [-0.3, -0.25) is 0 Å². The Hall–Kier alpha value is -3.60. The molecule has 3 aromatic rings. The zero-order chi connectivity index (χ0) is 24.9. The molecule has 4 N–H and O–H groups in total. The summed E-state index contributed by atoms with van der Waals surface area (Å²) in [5, 5.41) is 20.6. The molecule has 34 heavy (non-hydrogen) atoms. The average molecular weight is 477 g/mol. The number of carbonyl (C=O) groups is 1. The highest BCUT2D eigenvalue weighted by molar-refractivity contribution is 5.89. The molecule has 0 aliphatic rings. The predicted octanol–water partition coefficient (Wildman–Crippen LogP) is 4.31. The van der Waals surface area contributed by atoms with Gasteiger partial charge in [0.2, 0.25) is 0 Å². The molecule has 11 heteroatoms. The third-order valence-corrected chi connectivity index (χ3v) is 4.90. The van der Waals surface area contributed by atoms with Gasteiger partial charge < -0.3 is 21.1 Å². The molecule has 8 nitrogen and oxygen atoms in total. The van der Waals surface area contributed by atoms with Crippen LogP contribution in [0.25, 0.3) is 5.69 Å². The Morgan fingerprint density at radius 1 is 1.12 bits per heavy atom. The number of amides is 2. The van der Waals surface area contributed by atoms with E-state index >= 15 is 0 Å². The summed E-state index contributed by atoms with van der Waals surface area (Å²) in [7, 11) is 0. The molecule has 0 bridgehead atoms. The number of nitrogens with zero attached hydrogens (tertiary/aromatic N) is 3. The lowest BCUT2D eigenvalue weighted by molar-refractivity contribution is -0.141. The van der Waals surface area contributed by atoms with Crippen LogP contribution in [0.15, 0.2) is 48.7 Å². The average Bonchev–Trinajstić information content (AvgIpc) is 3.22. The van der Waals surface area contributed by atoms with Crippen molar-refractivity contribution in [2.75, 3.05) is 23.8 Å². The number of carbonyl (C=O) groups excluding carboxylic acids is 1. The quantitative estimate of drug-likeness (QED) is 0.407. The first-order chi connectivity index (χ1) is 16.0. The number of aromatic nitrogens is 3. The number of aliphatic hydroxyl groups excluding tert-OH is 1.